The van der Waals surface area contributed by atoms with Crippen molar-refractivity contribution in [2.24, 2.45) is 0 Å². The Labute approximate surface area is 80.4 Å². The van der Waals surface area contributed by atoms with E-state index in [1.54, 1.807) is 6.08 Å². The first-order chi connectivity index (χ1) is 6.72. The molecule has 1 heterocycles. The summed E-state index contributed by atoms with van der Waals surface area (Å²) in [6.07, 6.45) is 1.58. The van der Waals surface area contributed by atoms with E-state index in [9.17, 15) is 9.59 Å². The molecule has 14 heavy (non-hydrogen) atoms. The van der Waals surface area contributed by atoms with Crippen LogP contribution in [0.4, 0.5) is 4.79 Å². The summed E-state index contributed by atoms with van der Waals surface area (Å²) in [6, 6.07) is 1.08. The highest BCUT2D eigenvalue weighted by atomic mass is 16.2. The second kappa shape index (κ2) is 4.90. The molecule has 0 fully saturated rings. The summed E-state index contributed by atoms with van der Waals surface area (Å²) in [5.41, 5.74) is 0.414. The van der Waals surface area contributed by atoms with E-state index in [2.05, 4.69) is 27.4 Å². The van der Waals surface area contributed by atoms with E-state index in [0.29, 0.717) is 12.2 Å². The van der Waals surface area contributed by atoms with Crippen molar-refractivity contribution in [2.75, 3.05) is 6.54 Å². The molecule has 0 unspecified atom stereocenters. The van der Waals surface area contributed by atoms with Crippen LogP contribution in [0.25, 0.3) is 0 Å². The molecule has 0 atom stereocenters. The number of carbonyl (C=O) groups excluding carboxylic acids is 1. The lowest BCUT2D eigenvalue weighted by molar-refractivity contribution is 0.241. The zero-order valence-corrected chi connectivity index (χ0v) is 7.59. The SMILES string of the molecule is C=CCNC(=O)NCc1cc(=O)[nH][nH]1. The highest BCUT2D eigenvalue weighted by Gasteiger charge is 1.99. The van der Waals surface area contributed by atoms with E-state index in [1.165, 1.54) is 6.07 Å². The zero-order chi connectivity index (χ0) is 10.4. The molecule has 6 nitrogen and oxygen atoms in total. The minimum atomic E-state index is -0.299. The van der Waals surface area contributed by atoms with Gasteiger partial charge in [-0.05, 0) is 0 Å². The van der Waals surface area contributed by atoms with Crippen molar-refractivity contribution in [3.05, 3.63) is 34.8 Å². The van der Waals surface area contributed by atoms with Crippen molar-refractivity contribution in [3.8, 4) is 0 Å². The van der Waals surface area contributed by atoms with Gasteiger partial charge in [0, 0.05) is 12.6 Å². The molecular weight excluding hydrogens is 184 g/mol. The standard InChI is InChI=1S/C8H12N4O2/c1-2-3-9-8(14)10-5-6-4-7(13)12-11-6/h2,4H,1,3,5H2,(H2,9,10,14)(H2,11,12,13). The fourth-order valence-electron chi connectivity index (χ4n) is 0.870. The lowest BCUT2D eigenvalue weighted by atomic mass is 10.4. The van der Waals surface area contributed by atoms with Gasteiger partial charge in [0.05, 0.1) is 12.2 Å². The van der Waals surface area contributed by atoms with E-state index < -0.39 is 0 Å². The molecule has 76 valence electrons. The van der Waals surface area contributed by atoms with Crippen molar-refractivity contribution in [1.82, 2.24) is 20.8 Å². The second-order valence-corrected chi connectivity index (χ2v) is 2.64. The molecule has 1 aromatic heterocycles. The second-order valence-electron chi connectivity index (χ2n) is 2.64. The molecule has 0 aliphatic heterocycles. The molecule has 0 aromatic carbocycles. The van der Waals surface area contributed by atoms with Crippen molar-refractivity contribution in [1.29, 1.82) is 0 Å². The van der Waals surface area contributed by atoms with E-state index in [0.717, 1.165) is 0 Å². The Hall–Kier alpha value is -1.98. The predicted octanol–water partition coefficient (Wildman–Crippen LogP) is -0.312. The smallest absolute Gasteiger partial charge is 0.315 e. The third-order valence-corrected chi connectivity index (χ3v) is 1.50. The number of aromatic nitrogens is 2. The van der Waals surface area contributed by atoms with Crippen molar-refractivity contribution >= 4 is 6.03 Å². The minimum absolute atomic E-state index is 0.215. The highest BCUT2D eigenvalue weighted by molar-refractivity contribution is 5.73. The maximum atomic E-state index is 11.0. The maximum absolute atomic E-state index is 11.0. The van der Waals surface area contributed by atoms with Gasteiger partial charge in [0.2, 0.25) is 0 Å². The van der Waals surface area contributed by atoms with Gasteiger partial charge in [0.25, 0.3) is 5.56 Å². The Morgan fingerprint density at radius 1 is 1.50 bits per heavy atom. The van der Waals surface area contributed by atoms with Gasteiger partial charge in [0.15, 0.2) is 0 Å². The van der Waals surface area contributed by atoms with Gasteiger partial charge in [-0.1, -0.05) is 6.08 Å². The number of amides is 2. The Kier molecular flexibility index (Phi) is 3.54. The number of rotatable bonds is 4. The average Bonchev–Trinajstić information content (AvgIpc) is 2.58. The van der Waals surface area contributed by atoms with Gasteiger partial charge in [0.1, 0.15) is 0 Å². The lowest BCUT2D eigenvalue weighted by Gasteiger charge is -2.03. The first kappa shape index (κ1) is 10.1. The number of urea groups is 1. The Morgan fingerprint density at radius 3 is 2.86 bits per heavy atom. The van der Waals surface area contributed by atoms with Crippen LogP contribution in [0.3, 0.4) is 0 Å². The third-order valence-electron chi connectivity index (χ3n) is 1.50. The van der Waals surface area contributed by atoms with Crippen LogP contribution in [0.1, 0.15) is 5.69 Å². The molecule has 0 aliphatic carbocycles. The summed E-state index contributed by atoms with van der Waals surface area (Å²) < 4.78 is 0. The van der Waals surface area contributed by atoms with Crippen molar-refractivity contribution in [3.63, 3.8) is 0 Å². The Balaban J connectivity index is 2.30. The predicted molar refractivity (Wildman–Crippen MR) is 51.8 cm³/mol. The average molecular weight is 196 g/mol. The summed E-state index contributed by atoms with van der Waals surface area (Å²) in [6.45, 7) is 4.15. The van der Waals surface area contributed by atoms with Crippen LogP contribution >= 0.6 is 0 Å². The summed E-state index contributed by atoms with van der Waals surface area (Å²) in [4.78, 5) is 21.7. The largest absolute Gasteiger partial charge is 0.335 e. The molecule has 0 bridgehead atoms. The summed E-state index contributed by atoms with van der Waals surface area (Å²) in [5, 5.41) is 10.1. The zero-order valence-electron chi connectivity index (χ0n) is 7.59. The van der Waals surface area contributed by atoms with Crippen LogP contribution in [-0.2, 0) is 6.54 Å². The van der Waals surface area contributed by atoms with Crippen LogP contribution < -0.4 is 16.2 Å². The number of carbonyl (C=O) groups is 1. The quantitative estimate of drug-likeness (QED) is 0.497. The lowest BCUT2D eigenvalue weighted by Crippen LogP contribution is -2.35. The minimum Gasteiger partial charge on any atom is -0.335 e. The van der Waals surface area contributed by atoms with E-state index in [1.807, 2.05) is 0 Å². The van der Waals surface area contributed by atoms with Crippen LogP contribution in [0, 0.1) is 0 Å². The molecule has 6 heteroatoms. The fourth-order valence-corrected chi connectivity index (χ4v) is 0.870. The van der Waals surface area contributed by atoms with E-state index in [4.69, 9.17) is 0 Å². The normalized spacial score (nSPS) is 9.43. The Morgan fingerprint density at radius 2 is 2.29 bits per heavy atom. The van der Waals surface area contributed by atoms with Crippen LogP contribution in [0.5, 0.6) is 0 Å². The van der Waals surface area contributed by atoms with Crippen LogP contribution in [0.2, 0.25) is 0 Å². The first-order valence-electron chi connectivity index (χ1n) is 4.11. The van der Waals surface area contributed by atoms with Gasteiger partial charge in [-0.3, -0.25) is 9.89 Å². The third kappa shape index (κ3) is 3.18. The molecule has 1 aromatic rings. The molecule has 0 saturated carbocycles. The summed E-state index contributed by atoms with van der Waals surface area (Å²) in [7, 11) is 0. The van der Waals surface area contributed by atoms with Gasteiger partial charge >= 0.3 is 6.03 Å². The van der Waals surface area contributed by atoms with Crippen LogP contribution in [-0.4, -0.2) is 22.8 Å². The number of nitrogens with one attached hydrogen (secondary N) is 4. The Bertz CT molecular complexity index is 365. The molecule has 0 aliphatic rings. The topological polar surface area (TPSA) is 89.8 Å². The number of hydrogen-bond donors (Lipinski definition) is 4. The number of H-pyrrole nitrogens is 2. The van der Waals surface area contributed by atoms with Crippen molar-refractivity contribution < 1.29 is 4.79 Å². The van der Waals surface area contributed by atoms with Gasteiger partial charge in [-0.2, -0.15) is 0 Å². The monoisotopic (exact) mass is 196 g/mol. The molecular formula is C8H12N4O2. The number of hydrogen-bond acceptors (Lipinski definition) is 2. The highest BCUT2D eigenvalue weighted by Crippen LogP contribution is 1.84. The molecule has 0 saturated heterocycles. The molecule has 1 rings (SSSR count). The molecule has 0 spiro atoms. The van der Waals surface area contributed by atoms with E-state index >= 15 is 0 Å². The maximum Gasteiger partial charge on any atom is 0.315 e. The fraction of sp³-hybridized carbons (Fsp3) is 0.250. The summed E-state index contributed by atoms with van der Waals surface area (Å²) in [5.74, 6) is 0. The van der Waals surface area contributed by atoms with E-state index in [-0.39, 0.29) is 18.1 Å². The number of aromatic amines is 2. The van der Waals surface area contributed by atoms with Gasteiger partial charge in [-0.25, -0.2) is 4.79 Å². The van der Waals surface area contributed by atoms with Gasteiger partial charge in [-0.15, -0.1) is 6.58 Å². The summed E-state index contributed by atoms with van der Waals surface area (Å²) >= 11 is 0. The first-order valence-corrected chi connectivity index (χ1v) is 4.11. The van der Waals surface area contributed by atoms with Crippen molar-refractivity contribution in [2.45, 2.75) is 6.54 Å². The van der Waals surface area contributed by atoms with Crippen LogP contribution in [0.15, 0.2) is 23.5 Å². The molecule has 2 amide bonds. The molecule has 4 N–H and O–H groups in total. The molecule has 0 radical (unpaired) electrons. The van der Waals surface area contributed by atoms with Gasteiger partial charge < -0.3 is 15.7 Å².